The second kappa shape index (κ2) is 7.36. The van der Waals surface area contributed by atoms with Crippen LogP contribution in [0.3, 0.4) is 0 Å². The van der Waals surface area contributed by atoms with Gasteiger partial charge in [0.1, 0.15) is 5.75 Å². The van der Waals surface area contributed by atoms with Gasteiger partial charge in [0.25, 0.3) is 0 Å². The van der Waals surface area contributed by atoms with E-state index in [0.717, 1.165) is 30.1 Å². The van der Waals surface area contributed by atoms with Gasteiger partial charge in [-0.3, -0.25) is 0 Å². The third-order valence-corrected chi connectivity index (χ3v) is 4.21. The molecule has 0 aliphatic rings. The van der Waals surface area contributed by atoms with Crippen molar-refractivity contribution in [1.82, 2.24) is 0 Å². The molecule has 21 heavy (non-hydrogen) atoms. The van der Waals surface area contributed by atoms with Crippen molar-refractivity contribution >= 4 is 22.7 Å². The topological polar surface area (TPSA) is 38.5 Å². The summed E-state index contributed by atoms with van der Waals surface area (Å²) < 4.78 is 5.74. The van der Waals surface area contributed by atoms with Crippen LogP contribution in [0.5, 0.6) is 5.75 Å². The summed E-state index contributed by atoms with van der Waals surface area (Å²) in [6.45, 7) is 8.04. The molecule has 0 radical (unpaired) electrons. The Morgan fingerprint density at radius 1 is 1.24 bits per heavy atom. The minimum Gasteiger partial charge on any atom is -0.491 e. The molecule has 4 heteroatoms. The lowest BCUT2D eigenvalue weighted by Gasteiger charge is -2.30. The zero-order chi connectivity index (χ0) is 15.2. The monoisotopic (exact) mass is 304 g/mol. The molecule has 0 bridgehead atoms. The van der Waals surface area contributed by atoms with E-state index in [1.54, 1.807) is 11.3 Å². The number of benzene rings is 1. The number of para-hydroxylation sites is 1. The number of nitrogen functional groups attached to an aromatic ring is 1. The molecule has 1 heterocycles. The molecule has 2 N–H and O–H groups in total. The largest absolute Gasteiger partial charge is 0.491 e. The van der Waals surface area contributed by atoms with E-state index >= 15 is 0 Å². The van der Waals surface area contributed by atoms with Gasteiger partial charge in [-0.2, -0.15) is 0 Å². The van der Waals surface area contributed by atoms with Crippen molar-refractivity contribution in [3.8, 4) is 5.75 Å². The minimum absolute atomic E-state index is 0.371. The fraction of sp³-hybridized carbons (Fsp3) is 0.412. The molecule has 1 aromatic heterocycles. The van der Waals surface area contributed by atoms with Crippen molar-refractivity contribution in [2.24, 2.45) is 0 Å². The Morgan fingerprint density at radius 3 is 2.67 bits per heavy atom. The van der Waals surface area contributed by atoms with Crippen molar-refractivity contribution in [3.63, 3.8) is 0 Å². The Kier molecular flexibility index (Phi) is 5.51. The summed E-state index contributed by atoms with van der Waals surface area (Å²) in [6, 6.07) is 10.6. The normalized spacial score (nSPS) is 10.9. The Bertz CT molecular complexity index is 552. The molecule has 0 saturated heterocycles. The van der Waals surface area contributed by atoms with Crippen molar-refractivity contribution in [3.05, 3.63) is 40.6 Å². The van der Waals surface area contributed by atoms with Gasteiger partial charge in [0.15, 0.2) is 0 Å². The SMILES string of the molecule is CCCOc1cccc(N(Cc2cccs2)C(C)C)c1N. The molecule has 0 fully saturated rings. The van der Waals surface area contributed by atoms with Gasteiger partial charge in [-0.05, 0) is 43.8 Å². The first-order valence-corrected chi connectivity index (χ1v) is 8.31. The minimum atomic E-state index is 0.371. The lowest BCUT2D eigenvalue weighted by atomic mass is 10.2. The van der Waals surface area contributed by atoms with Crippen molar-refractivity contribution in [1.29, 1.82) is 0 Å². The molecule has 0 amide bonds. The Labute approximate surface area is 131 Å². The number of nitrogens with two attached hydrogens (primary N) is 1. The van der Waals surface area contributed by atoms with Gasteiger partial charge in [0.2, 0.25) is 0 Å². The number of hydrogen-bond acceptors (Lipinski definition) is 4. The van der Waals surface area contributed by atoms with Crippen molar-refractivity contribution in [2.75, 3.05) is 17.2 Å². The summed E-state index contributed by atoms with van der Waals surface area (Å²) in [6.07, 6.45) is 0.979. The molecule has 2 aromatic rings. The molecule has 114 valence electrons. The average Bonchev–Trinajstić information content (AvgIpc) is 2.97. The van der Waals surface area contributed by atoms with Crippen molar-refractivity contribution in [2.45, 2.75) is 39.8 Å². The van der Waals surface area contributed by atoms with Gasteiger partial charge in [-0.25, -0.2) is 0 Å². The van der Waals surface area contributed by atoms with Gasteiger partial charge >= 0.3 is 0 Å². The van der Waals surface area contributed by atoms with Crippen LogP contribution >= 0.6 is 11.3 Å². The molecule has 0 saturated carbocycles. The number of anilines is 2. The van der Waals surface area contributed by atoms with Crippen LogP contribution in [0.2, 0.25) is 0 Å². The summed E-state index contributed by atoms with van der Waals surface area (Å²) in [5.41, 5.74) is 8.11. The molecule has 3 nitrogen and oxygen atoms in total. The summed E-state index contributed by atoms with van der Waals surface area (Å²) in [5.74, 6) is 0.783. The molecule has 0 unspecified atom stereocenters. The van der Waals surface area contributed by atoms with Crippen LogP contribution in [-0.2, 0) is 6.54 Å². The fourth-order valence-electron chi connectivity index (χ4n) is 2.24. The number of thiophene rings is 1. The van der Waals surface area contributed by atoms with E-state index in [1.807, 2.05) is 12.1 Å². The van der Waals surface area contributed by atoms with Crippen LogP contribution in [-0.4, -0.2) is 12.6 Å². The number of nitrogens with zero attached hydrogens (tertiary/aromatic N) is 1. The molecule has 0 atom stereocenters. The highest BCUT2D eigenvalue weighted by Crippen LogP contribution is 2.34. The predicted octanol–water partition coefficient (Wildman–Crippen LogP) is 4.53. The highest BCUT2D eigenvalue weighted by atomic mass is 32.1. The standard InChI is InChI=1S/C17H24N2OS/c1-4-10-20-16-9-5-8-15(17(16)18)19(13(2)3)12-14-7-6-11-21-14/h5-9,11,13H,4,10,12,18H2,1-3H3. The Morgan fingerprint density at radius 2 is 2.05 bits per heavy atom. The predicted molar refractivity (Wildman–Crippen MR) is 92.3 cm³/mol. The molecule has 2 rings (SSSR count). The van der Waals surface area contributed by atoms with Crippen LogP contribution in [0, 0.1) is 0 Å². The van der Waals surface area contributed by atoms with E-state index in [-0.39, 0.29) is 0 Å². The van der Waals surface area contributed by atoms with Crippen LogP contribution in [0.15, 0.2) is 35.7 Å². The lowest BCUT2D eigenvalue weighted by Crippen LogP contribution is -2.30. The molecule has 0 aliphatic heterocycles. The van der Waals surface area contributed by atoms with E-state index < -0.39 is 0 Å². The van der Waals surface area contributed by atoms with Gasteiger partial charge < -0.3 is 15.4 Å². The van der Waals surface area contributed by atoms with Gasteiger partial charge in [-0.1, -0.05) is 19.1 Å². The summed E-state index contributed by atoms with van der Waals surface area (Å²) in [4.78, 5) is 3.66. The second-order valence-corrected chi connectivity index (χ2v) is 6.37. The number of ether oxygens (including phenoxy) is 1. The maximum absolute atomic E-state index is 6.33. The maximum atomic E-state index is 6.33. The van der Waals surface area contributed by atoms with E-state index in [0.29, 0.717) is 12.6 Å². The first-order valence-electron chi connectivity index (χ1n) is 7.43. The molecule has 1 aromatic carbocycles. The van der Waals surface area contributed by atoms with Gasteiger partial charge in [-0.15, -0.1) is 11.3 Å². The molecule has 0 aliphatic carbocycles. The molecular weight excluding hydrogens is 280 g/mol. The average molecular weight is 304 g/mol. The highest BCUT2D eigenvalue weighted by Gasteiger charge is 2.16. The van der Waals surface area contributed by atoms with E-state index in [2.05, 4.69) is 49.3 Å². The first-order chi connectivity index (χ1) is 10.1. The quantitative estimate of drug-likeness (QED) is 0.764. The number of hydrogen-bond donors (Lipinski definition) is 1. The maximum Gasteiger partial charge on any atom is 0.144 e. The van der Waals surface area contributed by atoms with Gasteiger partial charge in [0, 0.05) is 10.9 Å². The van der Waals surface area contributed by atoms with E-state index in [9.17, 15) is 0 Å². The van der Waals surface area contributed by atoms with Crippen LogP contribution in [0.4, 0.5) is 11.4 Å². The Balaban J connectivity index is 2.27. The fourth-order valence-corrected chi connectivity index (χ4v) is 2.94. The number of rotatable bonds is 7. The van der Waals surface area contributed by atoms with Crippen LogP contribution in [0.1, 0.15) is 32.1 Å². The van der Waals surface area contributed by atoms with Gasteiger partial charge in [0.05, 0.1) is 24.5 Å². The Hall–Kier alpha value is -1.68. The molecule has 0 spiro atoms. The third kappa shape index (κ3) is 3.91. The molecular formula is C17H24N2OS. The van der Waals surface area contributed by atoms with E-state index in [1.165, 1.54) is 4.88 Å². The lowest BCUT2D eigenvalue weighted by molar-refractivity contribution is 0.319. The zero-order valence-corrected chi connectivity index (χ0v) is 13.8. The highest BCUT2D eigenvalue weighted by molar-refractivity contribution is 7.09. The zero-order valence-electron chi connectivity index (χ0n) is 13.0. The van der Waals surface area contributed by atoms with Crippen LogP contribution < -0.4 is 15.4 Å². The summed E-state index contributed by atoms with van der Waals surface area (Å²) in [7, 11) is 0. The van der Waals surface area contributed by atoms with Crippen molar-refractivity contribution < 1.29 is 4.74 Å². The first kappa shape index (κ1) is 15.7. The smallest absolute Gasteiger partial charge is 0.144 e. The summed E-state index contributed by atoms with van der Waals surface area (Å²) in [5, 5.41) is 2.11. The van der Waals surface area contributed by atoms with Crippen LogP contribution in [0.25, 0.3) is 0 Å². The third-order valence-electron chi connectivity index (χ3n) is 3.34. The second-order valence-electron chi connectivity index (χ2n) is 5.34. The summed E-state index contributed by atoms with van der Waals surface area (Å²) >= 11 is 1.77. The van der Waals surface area contributed by atoms with E-state index in [4.69, 9.17) is 10.5 Å².